The van der Waals surface area contributed by atoms with Crippen molar-refractivity contribution in [2.75, 3.05) is 7.11 Å². The molecule has 0 bridgehead atoms. The molecule has 0 aromatic heterocycles. The summed E-state index contributed by atoms with van der Waals surface area (Å²) in [4.78, 5) is 10.6. The molecule has 4 heteroatoms. The maximum Gasteiger partial charge on any atom is 0.303 e. The van der Waals surface area contributed by atoms with Gasteiger partial charge in [-0.05, 0) is 42.5 Å². The number of carbonyl (C=O) groups is 1. The molecule has 2 rings (SSSR count). The third-order valence-electron chi connectivity index (χ3n) is 3.60. The van der Waals surface area contributed by atoms with Gasteiger partial charge in [-0.3, -0.25) is 4.79 Å². The van der Waals surface area contributed by atoms with E-state index in [0.717, 1.165) is 17.7 Å². The van der Waals surface area contributed by atoms with E-state index in [1.807, 2.05) is 18.2 Å². The van der Waals surface area contributed by atoms with E-state index in [9.17, 15) is 9.90 Å². The minimum Gasteiger partial charge on any atom is -0.497 e. The smallest absolute Gasteiger partial charge is 0.303 e. The summed E-state index contributed by atoms with van der Waals surface area (Å²) >= 11 is 0. The Balaban J connectivity index is 2.14. The monoisotopic (exact) mass is 250 g/mol. The van der Waals surface area contributed by atoms with Gasteiger partial charge in [0.1, 0.15) is 5.75 Å². The summed E-state index contributed by atoms with van der Waals surface area (Å²) in [5.41, 5.74) is 1.39. The van der Waals surface area contributed by atoms with Gasteiger partial charge in [0.15, 0.2) is 0 Å². The van der Waals surface area contributed by atoms with Crippen molar-refractivity contribution in [1.82, 2.24) is 0 Å². The lowest BCUT2D eigenvalue weighted by Crippen LogP contribution is -2.36. The van der Waals surface area contributed by atoms with Gasteiger partial charge in [-0.15, -0.1) is 0 Å². The molecule has 2 N–H and O–H groups in total. The highest BCUT2D eigenvalue weighted by Gasteiger charge is 2.32. The fourth-order valence-corrected chi connectivity index (χ4v) is 2.50. The number of aliphatic carboxylic acids is 1. The Morgan fingerprint density at radius 1 is 1.44 bits per heavy atom. The van der Waals surface area contributed by atoms with Crippen LogP contribution in [0.1, 0.15) is 30.4 Å². The zero-order valence-corrected chi connectivity index (χ0v) is 10.5. The zero-order chi connectivity index (χ0) is 13.2. The summed E-state index contributed by atoms with van der Waals surface area (Å²) < 4.78 is 5.17. The number of hydrogen-bond acceptors (Lipinski definition) is 3. The molecule has 18 heavy (non-hydrogen) atoms. The first-order valence-electron chi connectivity index (χ1n) is 6.12. The summed E-state index contributed by atoms with van der Waals surface area (Å²) in [5, 5.41) is 19.1. The quantitative estimate of drug-likeness (QED) is 0.854. The first kappa shape index (κ1) is 12.9. The summed E-state index contributed by atoms with van der Waals surface area (Å²) in [6.07, 6.45) is 2.23. The van der Waals surface area contributed by atoms with E-state index < -0.39 is 11.6 Å². The van der Waals surface area contributed by atoms with Crippen LogP contribution in [0.25, 0.3) is 0 Å². The predicted octanol–water partition coefficient (Wildman–Crippen LogP) is 1.78. The summed E-state index contributed by atoms with van der Waals surface area (Å²) in [7, 11) is 1.61. The second-order valence-electron chi connectivity index (χ2n) is 4.93. The van der Waals surface area contributed by atoms with Gasteiger partial charge in [0.2, 0.25) is 0 Å². The molecule has 0 fully saturated rings. The standard InChI is InChI=1S/C14H18O4/c1-18-12-3-2-10-4-6-14(17,7-5-13(15)16)9-11(10)8-12/h2-3,8,17H,4-7,9H2,1H3,(H,15,16). The number of fused-ring (bicyclic) bond motifs is 1. The van der Waals surface area contributed by atoms with Crippen molar-refractivity contribution < 1.29 is 19.7 Å². The Morgan fingerprint density at radius 2 is 2.22 bits per heavy atom. The number of carboxylic acid groups (broad SMARTS) is 1. The van der Waals surface area contributed by atoms with Gasteiger partial charge in [0.05, 0.1) is 12.7 Å². The number of carboxylic acids is 1. The second-order valence-corrected chi connectivity index (χ2v) is 4.93. The molecule has 0 amide bonds. The normalized spacial score (nSPS) is 22.3. The molecule has 1 unspecified atom stereocenters. The SMILES string of the molecule is COc1ccc2c(c1)CC(O)(CCC(=O)O)CC2. The average molecular weight is 250 g/mol. The molecule has 1 aliphatic rings. The maximum atomic E-state index is 10.6. The number of aliphatic hydroxyl groups is 1. The number of ether oxygens (including phenoxy) is 1. The first-order chi connectivity index (χ1) is 8.52. The third-order valence-corrected chi connectivity index (χ3v) is 3.60. The number of benzene rings is 1. The van der Waals surface area contributed by atoms with E-state index in [1.54, 1.807) is 7.11 Å². The number of aryl methyl sites for hydroxylation is 1. The molecule has 1 aliphatic carbocycles. The van der Waals surface area contributed by atoms with Crippen LogP contribution in [-0.4, -0.2) is 28.9 Å². The van der Waals surface area contributed by atoms with Crippen molar-refractivity contribution in [3.05, 3.63) is 29.3 Å². The van der Waals surface area contributed by atoms with Gasteiger partial charge in [0, 0.05) is 12.8 Å². The van der Waals surface area contributed by atoms with Gasteiger partial charge < -0.3 is 14.9 Å². The van der Waals surface area contributed by atoms with Crippen LogP contribution in [0.2, 0.25) is 0 Å². The van der Waals surface area contributed by atoms with Gasteiger partial charge >= 0.3 is 5.97 Å². The van der Waals surface area contributed by atoms with Crippen molar-refractivity contribution in [3.63, 3.8) is 0 Å². The lowest BCUT2D eigenvalue weighted by Gasteiger charge is -2.33. The Bertz CT molecular complexity index is 455. The van der Waals surface area contributed by atoms with E-state index in [1.165, 1.54) is 5.56 Å². The van der Waals surface area contributed by atoms with Crippen LogP contribution >= 0.6 is 0 Å². The Hall–Kier alpha value is -1.55. The molecule has 0 spiro atoms. The summed E-state index contributed by atoms with van der Waals surface area (Å²) in [6, 6.07) is 5.87. The van der Waals surface area contributed by atoms with E-state index in [2.05, 4.69) is 0 Å². The molecule has 0 radical (unpaired) electrons. The zero-order valence-electron chi connectivity index (χ0n) is 10.5. The number of rotatable bonds is 4. The fraction of sp³-hybridized carbons (Fsp3) is 0.500. The lowest BCUT2D eigenvalue weighted by atomic mass is 9.78. The van der Waals surface area contributed by atoms with Crippen molar-refractivity contribution in [3.8, 4) is 5.75 Å². The van der Waals surface area contributed by atoms with E-state index in [4.69, 9.17) is 9.84 Å². The van der Waals surface area contributed by atoms with E-state index in [0.29, 0.717) is 19.3 Å². The van der Waals surface area contributed by atoms with Crippen LogP contribution in [-0.2, 0) is 17.6 Å². The molecule has 98 valence electrons. The predicted molar refractivity (Wildman–Crippen MR) is 66.8 cm³/mol. The van der Waals surface area contributed by atoms with Gasteiger partial charge in [-0.25, -0.2) is 0 Å². The maximum absolute atomic E-state index is 10.6. The molecule has 4 nitrogen and oxygen atoms in total. The largest absolute Gasteiger partial charge is 0.497 e. The molecule has 0 aliphatic heterocycles. The van der Waals surface area contributed by atoms with Crippen molar-refractivity contribution in [1.29, 1.82) is 0 Å². The summed E-state index contributed by atoms with van der Waals surface area (Å²) in [5.74, 6) is -0.0869. The average Bonchev–Trinajstić information content (AvgIpc) is 2.35. The van der Waals surface area contributed by atoms with Gasteiger partial charge in [-0.1, -0.05) is 6.07 Å². The van der Waals surface area contributed by atoms with Gasteiger partial charge in [0.25, 0.3) is 0 Å². The highest BCUT2D eigenvalue weighted by molar-refractivity contribution is 5.66. The Kier molecular flexibility index (Phi) is 3.57. The van der Waals surface area contributed by atoms with E-state index in [-0.39, 0.29) is 6.42 Å². The molecule has 0 heterocycles. The molecule has 0 saturated carbocycles. The van der Waals surface area contributed by atoms with Crippen LogP contribution in [0.5, 0.6) is 5.75 Å². The topological polar surface area (TPSA) is 66.8 Å². The first-order valence-corrected chi connectivity index (χ1v) is 6.12. The molecule has 0 saturated heterocycles. The van der Waals surface area contributed by atoms with Crippen LogP contribution in [0.3, 0.4) is 0 Å². The van der Waals surface area contributed by atoms with Gasteiger partial charge in [-0.2, -0.15) is 0 Å². The van der Waals surface area contributed by atoms with Crippen LogP contribution in [0.4, 0.5) is 0 Å². The van der Waals surface area contributed by atoms with Crippen molar-refractivity contribution in [2.45, 2.75) is 37.7 Å². The molecule has 1 atom stereocenters. The highest BCUT2D eigenvalue weighted by Crippen LogP contribution is 2.33. The third kappa shape index (κ3) is 2.82. The lowest BCUT2D eigenvalue weighted by molar-refractivity contribution is -0.138. The molecular formula is C14H18O4. The molecule has 1 aromatic rings. The number of methoxy groups -OCH3 is 1. The Morgan fingerprint density at radius 3 is 2.89 bits per heavy atom. The van der Waals surface area contributed by atoms with Crippen LogP contribution in [0.15, 0.2) is 18.2 Å². The summed E-state index contributed by atoms with van der Waals surface area (Å²) in [6.45, 7) is 0. The minimum absolute atomic E-state index is 0.00972. The van der Waals surface area contributed by atoms with Crippen LogP contribution in [0, 0.1) is 0 Å². The second kappa shape index (κ2) is 4.98. The molecular weight excluding hydrogens is 232 g/mol. The van der Waals surface area contributed by atoms with Crippen molar-refractivity contribution in [2.24, 2.45) is 0 Å². The Labute approximate surface area is 106 Å². The highest BCUT2D eigenvalue weighted by atomic mass is 16.5. The fourth-order valence-electron chi connectivity index (χ4n) is 2.50. The van der Waals surface area contributed by atoms with Crippen LogP contribution < -0.4 is 4.74 Å². The van der Waals surface area contributed by atoms with E-state index >= 15 is 0 Å². The molecule has 1 aromatic carbocycles. The minimum atomic E-state index is -0.891. The number of hydrogen-bond donors (Lipinski definition) is 2. The van der Waals surface area contributed by atoms with Crippen molar-refractivity contribution >= 4 is 5.97 Å².